The first-order valence-corrected chi connectivity index (χ1v) is 0. The molecule has 4 heavy (non-hydrogen) atoms. The predicted octanol–water partition coefficient (Wildman–Crippen LogP) is -0.388. The maximum absolute atomic E-state index is 0. The van der Waals surface area contributed by atoms with Gasteiger partial charge in [0, 0.05) is 88.8 Å². The van der Waals surface area contributed by atoms with E-state index in [2.05, 4.69) is 0 Å². The van der Waals surface area contributed by atoms with Gasteiger partial charge in [0.05, 0.1) is 0 Å². The molecule has 0 nitrogen and oxygen atoms in total. The number of hydrogen-bond acceptors (Lipinski definition) is 0. The van der Waals surface area contributed by atoms with Crippen LogP contribution in [0.4, 0.5) is 0 Å². The van der Waals surface area contributed by atoms with Crippen molar-refractivity contribution in [3.63, 3.8) is 0 Å². The first kappa shape index (κ1) is 28.4. The van der Waals surface area contributed by atoms with Gasteiger partial charge in [0.15, 0.2) is 0 Å². The summed E-state index contributed by atoms with van der Waals surface area (Å²) in [6.07, 6.45) is 0. The summed E-state index contributed by atoms with van der Waals surface area (Å²) < 4.78 is 0. The maximum atomic E-state index is 0. The second-order valence-corrected chi connectivity index (χ2v) is 0. The van der Waals surface area contributed by atoms with Gasteiger partial charge in [-0.15, -0.1) is 0 Å². The third-order valence-electron chi connectivity index (χ3n) is 0. The Morgan fingerprint density at radius 3 is 1.00 bits per heavy atom. The topological polar surface area (TPSA) is 0 Å². The normalized spacial score (nSPS) is 0. The Morgan fingerprint density at radius 2 is 1.00 bits per heavy atom. The molecule has 0 amide bonds. The van der Waals surface area contributed by atoms with Crippen LogP contribution < -0.4 is 0 Å². The fourth-order valence-electron chi connectivity index (χ4n) is 0. The second-order valence-electron chi connectivity index (χ2n) is 0. The summed E-state index contributed by atoms with van der Waals surface area (Å²) in [5.41, 5.74) is 0. The number of rotatable bonds is 0. The molecule has 0 rings (SSSR count). The standard InChI is InChI=1S/Au.In.Pt.Ru. The van der Waals surface area contributed by atoms with Crippen LogP contribution in [-0.2, 0) is 62.9 Å². The Bertz CT molecular complexity index is 8.00. The van der Waals surface area contributed by atoms with Crippen LogP contribution in [0.15, 0.2) is 0 Å². The molecule has 0 spiro atoms. The molecule has 0 aromatic rings. The molecule has 4 radical (unpaired) electrons. The summed E-state index contributed by atoms with van der Waals surface area (Å²) in [4.78, 5) is 0. The van der Waals surface area contributed by atoms with E-state index in [0.717, 1.165) is 0 Å². The van der Waals surface area contributed by atoms with Crippen molar-refractivity contribution in [1.29, 1.82) is 0 Å². The van der Waals surface area contributed by atoms with E-state index >= 15 is 0 Å². The molecule has 0 aliphatic rings. The SMILES string of the molecule is [Au].[In].[Pt].[Ru]. The third-order valence-corrected chi connectivity index (χ3v) is 0. The van der Waals surface area contributed by atoms with Crippen molar-refractivity contribution in [2.75, 3.05) is 0 Å². The molecule has 0 aromatic carbocycles. The van der Waals surface area contributed by atoms with Crippen molar-refractivity contribution in [3.8, 4) is 0 Å². The van der Waals surface area contributed by atoms with Gasteiger partial charge in [-0.05, 0) is 0 Å². The van der Waals surface area contributed by atoms with Gasteiger partial charge in [-0.1, -0.05) is 0 Å². The first-order chi connectivity index (χ1) is 0. The Balaban J connectivity index is 0. The van der Waals surface area contributed by atoms with E-state index in [1.807, 2.05) is 0 Å². The van der Waals surface area contributed by atoms with Crippen molar-refractivity contribution in [2.24, 2.45) is 0 Å². The van der Waals surface area contributed by atoms with Gasteiger partial charge in [-0.3, -0.25) is 0 Å². The van der Waals surface area contributed by atoms with E-state index in [1.165, 1.54) is 0 Å². The average Bonchev–Trinajstić information content (AvgIpc) is 0. The Hall–Kier alpha value is 2.92. The van der Waals surface area contributed by atoms with Crippen molar-refractivity contribution >= 4 is 25.8 Å². The van der Waals surface area contributed by atoms with Crippen LogP contribution in [-0.4, -0.2) is 25.8 Å². The molecule has 0 aliphatic heterocycles. The Morgan fingerprint density at radius 1 is 1.00 bits per heavy atom. The molecule has 0 aromatic heterocycles. The van der Waals surface area contributed by atoms with Gasteiger partial charge in [0.25, 0.3) is 0 Å². The number of hydrogen-bond donors (Lipinski definition) is 0. The smallest absolute Gasteiger partial charge is 0 e. The summed E-state index contributed by atoms with van der Waals surface area (Å²) in [6, 6.07) is 0. The molecule has 0 bridgehead atoms. The molecule has 4 heteroatoms. The quantitative estimate of drug-likeness (QED) is 0.330. The fraction of sp³-hybridized carbons (Fsp3) is 0. The van der Waals surface area contributed by atoms with Crippen LogP contribution in [0.2, 0.25) is 0 Å². The van der Waals surface area contributed by atoms with E-state index in [4.69, 9.17) is 0 Å². The first-order valence-electron chi connectivity index (χ1n) is 0. The average molecular weight is 608 g/mol. The zero-order valence-electron chi connectivity index (χ0n) is 1.55. The summed E-state index contributed by atoms with van der Waals surface area (Å²) in [5, 5.41) is 0. The van der Waals surface area contributed by atoms with Gasteiger partial charge in [-0.25, -0.2) is 0 Å². The molecular weight excluding hydrogens is 608 g/mol. The van der Waals surface area contributed by atoms with Crippen LogP contribution >= 0.6 is 0 Å². The summed E-state index contributed by atoms with van der Waals surface area (Å²) in [6.45, 7) is 0. The van der Waals surface area contributed by atoms with Gasteiger partial charge in [0.2, 0.25) is 0 Å². The van der Waals surface area contributed by atoms with Gasteiger partial charge in [0.1, 0.15) is 0 Å². The zero-order chi connectivity index (χ0) is 0. The van der Waals surface area contributed by atoms with Gasteiger partial charge >= 0.3 is 0 Å². The largest absolute Gasteiger partial charge is 0 e. The minimum absolute atomic E-state index is 0. The summed E-state index contributed by atoms with van der Waals surface area (Å²) >= 11 is 0. The third kappa shape index (κ3) is 8.87. The van der Waals surface area contributed by atoms with Crippen LogP contribution in [0.25, 0.3) is 0 Å². The summed E-state index contributed by atoms with van der Waals surface area (Å²) in [5.74, 6) is 0. The van der Waals surface area contributed by atoms with Crippen molar-refractivity contribution in [1.82, 2.24) is 0 Å². The van der Waals surface area contributed by atoms with E-state index in [9.17, 15) is 0 Å². The molecule has 0 heterocycles. The van der Waals surface area contributed by atoms with Gasteiger partial charge < -0.3 is 0 Å². The minimum atomic E-state index is 0. The Labute approximate surface area is 87.2 Å². The monoisotopic (exact) mass is 609 g/mol. The molecule has 0 unspecified atom stereocenters. The molecule has 0 aliphatic carbocycles. The second kappa shape index (κ2) is 16.8. The van der Waals surface area contributed by atoms with E-state index in [-0.39, 0.29) is 88.8 Å². The zero-order valence-corrected chi connectivity index (χ0v) is 11.0. The van der Waals surface area contributed by atoms with E-state index in [1.54, 1.807) is 0 Å². The van der Waals surface area contributed by atoms with Crippen molar-refractivity contribution in [2.45, 2.75) is 0 Å². The molecule has 0 N–H and O–H groups in total. The molecule has 32 valence electrons. The maximum Gasteiger partial charge on any atom is 0 e. The van der Waals surface area contributed by atoms with Crippen molar-refractivity contribution in [3.05, 3.63) is 0 Å². The fourth-order valence-corrected chi connectivity index (χ4v) is 0. The van der Waals surface area contributed by atoms with Gasteiger partial charge in [-0.2, -0.15) is 0 Å². The van der Waals surface area contributed by atoms with Crippen LogP contribution in [0, 0.1) is 0 Å². The minimum Gasteiger partial charge on any atom is 0 e. The molecular formula is AuInPtRu. The van der Waals surface area contributed by atoms with Crippen LogP contribution in [0.1, 0.15) is 0 Å². The van der Waals surface area contributed by atoms with Crippen LogP contribution in [0.3, 0.4) is 0 Å². The predicted molar refractivity (Wildman–Crippen MR) is 5.75 cm³/mol. The summed E-state index contributed by atoms with van der Waals surface area (Å²) in [7, 11) is 0. The van der Waals surface area contributed by atoms with Crippen molar-refractivity contribution < 1.29 is 62.9 Å². The Kier molecular flexibility index (Phi) is 119. The van der Waals surface area contributed by atoms with E-state index < -0.39 is 0 Å². The molecule has 0 fully saturated rings. The molecule has 0 saturated carbocycles. The van der Waals surface area contributed by atoms with Crippen LogP contribution in [0.5, 0.6) is 0 Å². The molecule has 0 saturated heterocycles. The molecule has 0 atom stereocenters. The van der Waals surface area contributed by atoms with E-state index in [0.29, 0.717) is 0 Å².